The maximum atomic E-state index is 13.6. The number of ketones is 1. The summed E-state index contributed by atoms with van der Waals surface area (Å²) in [5.41, 5.74) is 0.271. The number of hydrogen-bond acceptors (Lipinski definition) is 4. The first-order valence-electron chi connectivity index (χ1n) is 6.03. The van der Waals surface area contributed by atoms with Gasteiger partial charge < -0.3 is 0 Å². The number of halogens is 2. The lowest BCUT2D eigenvalue weighted by molar-refractivity contribution is 0.0990. The van der Waals surface area contributed by atoms with Crippen LogP contribution >= 0.6 is 11.8 Å². The van der Waals surface area contributed by atoms with Gasteiger partial charge in [0.1, 0.15) is 11.6 Å². The molecule has 0 saturated carbocycles. The van der Waals surface area contributed by atoms with Crippen molar-refractivity contribution >= 4 is 17.5 Å². The van der Waals surface area contributed by atoms with Crippen LogP contribution in [0.1, 0.15) is 22.8 Å². The molecule has 6 heteroatoms. The molecule has 0 spiro atoms. The van der Waals surface area contributed by atoms with Gasteiger partial charge in [-0.2, -0.15) is 5.26 Å². The SMILES string of the molecule is CC(Sc1cc(C#N)ccn1)C(=O)c1ccc(F)cc1F. The minimum atomic E-state index is -0.883. The zero-order valence-electron chi connectivity index (χ0n) is 11.0. The van der Waals surface area contributed by atoms with E-state index in [1.807, 2.05) is 6.07 Å². The van der Waals surface area contributed by atoms with Gasteiger partial charge in [-0.05, 0) is 31.2 Å². The molecule has 0 radical (unpaired) electrons. The Bertz CT molecular complexity index is 728. The second-order valence-corrected chi connectivity index (χ2v) is 5.60. The van der Waals surface area contributed by atoms with E-state index in [4.69, 9.17) is 5.26 Å². The quantitative estimate of drug-likeness (QED) is 0.640. The molecule has 0 saturated heterocycles. The van der Waals surface area contributed by atoms with Gasteiger partial charge in [-0.3, -0.25) is 4.79 Å². The average molecular weight is 304 g/mol. The molecule has 106 valence electrons. The smallest absolute Gasteiger partial charge is 0.178 e. The molecule has 21 heavy (non-hydrogen) atoms. The predicted octanol–water partition coefficient (Wildman–Crippen LogP) is 3.59. The fraction of sp³-hybridized carbons (Fsp3) is 0.133. The number of carbonyl (C=O) groups is 1. The number of nitriles is 1. The van der Waals surface area contributed by atoms with Crippen LogP contribution in [0.3, 0.4) is 0 Å². The van der Waals surface area contributed by atoms with Gasteiger partial charge in [-0.1, -0.05) is 11.8 Å². The van der Waals surface area contributed by atoms with E-state index >= 15 is 0 Å². The van der Waals surface area contributed by atoms with Crippen molar-refractivity contribution in [3.8, 4) is 6.07 Å². The maximum Gasteiger partial charge on any atom is 0.178 e. The van der Waals surface area contributed by atoms with Crippen LogP contribution in [0, 0.1) is 23.0 Å². The number of rotatable bonds is 4. The Morgan fingerprint density at radius 1 is 1.33 bits per heavy atom. The van der Waals surface area contributed by atoms with Crippen molar-refractivity contribution in [3.63, 3.8) is 0 Å². The summed E-state index contributed by atoms with van der Waals surface area (Å²) in [6.07, 6.45) is 1.47. The van der Waals surface area contributed by atoms with Gasteiger partial charge in [0.2, 0.25) is 0 Å². The summed E-state index contributed by atoms with van der Waals surface area (Å²) in [5.74, 6) is -2.07. The van der Waals surface area contributed by atoms with Crippen molar-refractivity contribution in [2.24, 2.45) is 0 Å². The molecule has 0 fully saturated rings. The number of carbonyl (C=O) groups excluding carboxylic acids is 1. The van der Waals surface area contributed by atoms with Crippen LogP contribution in [0.15, 0.2) is 41.6 Å². The molecule has 0 aliphatic heterocycles. The first-order valence-corrected chi connectivity index (χ1v) is 6.91. The third kappa shape index (κ3) is 3.64. The number of Topliss-reactive ketones (excluding diaryl/α,β-unsaturated/α-hetero) is 1. The van der Waals surface area contributed by atoms with Gasteiger partial charge in [-0.25, -0.2) is 13.8 Å². The molecule has 3 nitrogen and oxygen atoms in total. The third-order valence-electron chi connectivity index (χ3n) is 2.73. The summed E-state index contributed by atoms with van der Waals surface area (Å²) in [4.78, 5) is 16.2. The lowest BCUT2D eigenvalue weighted by Gasteiger charge is -2.10. The molecule has 1 atom stereocenters. The van der Waals surface area contributed by atoms with Crippen LogP contribution in [0.5, 0.6) is 0 Å². The Hall–Kier alpha value is -2.26. The first kappa shape index (κ1) is 15.1. The van der Waals surface area contributed by atoms with Crippen molar-refractivity contribution < 1.29 is 13.6 Å². The van der Waals surface area contributed by atoms with Crippen molar-refractivity contribution in [1.29, 1.82) is 5.26 Å². The molecule has 1 unspecified atom stereocenters. The molecular formula is C15H10F2N2OS. The van der Waals surface area contributed by atoms with Gasteiger partial charge in [0.15, 0.2) is 5.78 Å². The number of nitrogens with zero attached hydrogens (tertiary/aromatic N) is 2. The van der Waals surface area contributed by atoms with Crippen molar-refractivity contribution in [2.45, 2.75) is 17.2 Å². The van der Waals surface area contributed by atoms with Gasteiger partial charge >= 0.3 is 0 Å². The van der Waals surface area contributed by atoms with E-state index in [-0.39, 0.29) is 5.56 Å². The predicted molar refractivity (Wildman–Crippen MR) is 75.0 cm³/mol. The molecule has 0 amide bonds. The molecule has 1 aromatic heterocycles. The van der Waals surface area contributed by atoms with Gasteiger partial charge in [0.25, 0.3) is 0 Å². The standard InChI is InChI=1S/C15H10F2N2OS/c1-9(21-14-6-10(8-18)4-5-19-14)15(20)12-3-2-11(16)7-13(12)17/h2-7,9H,1H3. The lowest BCUT2D eigenvalue weighted by atomic mass is 10.1. The highest BCUT2D eigenvalue weighted by molar-refractivity contribution is 8.00. The summed E-state index contributed by atoms with van der Waals surface area (Å²) in [7, 11) is 0. The van der Waals surface area contributed by atoms with Crippen LogP contribution in [-0.2, 0) is 0 Å². The Kier molecular flexibility index (Phi) is 4.66. The Balaban J connectivity index is 2.17. The highest BCUT2D eigenvalue weighted by Crippen LogP contribution is 2.25. The van der Waals surface area contributed by atoms with Gasteiger partial charge in [0.05, 0.1) is 27.5 Å². The minimum absolute atomic E-state index is 0.159. The number of hydrogen-bond donors (Lipinski definition) is 0. The van der Waals surface area contributed by atoms with Crippen molar-refractivity contribution in [2.75, 3.05) is 0 Å². The number of pyridine rings is 1. The lowest BCUT2D eigenvalue weighted by Crippen LogP contribution is -2.15. The Morgan fingerprint density at radius 2 is 2.10 bits per heavy atom. The molecule has 1 aromatic carbocycles. The third-order valence-corrected chi connectivity index (χ3v) is 3.76. The van der Waals surface area contributed by atoms with E-state index in [1.54, 1.807) is 19.1 Å². The zero-order chi connectivity index (χ0) is 15.4. The fourth-order valence-electron chi connectivity index (χ4n) is 1.69. The summed E-state index contributed by atoms with van der Waals surface area (Å²) >= 11 is 1.12. The van der Waals surface area contributed by atoms with E-state index in [0.29, 0.717) is 16.7 Å². The fourth-order valence-corrected chi connectivity index (χ4v) is 2.60. The van der Waals surface area contributed by atoms with Gasteiger partial charge in [0, 0.05) is 12.3 Å². The van der Waals surface area contributed by atoms with Crippen molar-refractivity contribution in [3.05, 3.63) is 59.3 Å². The largest absolute Gasteiger partial charge is 0.293 e. The molecule has 0 bridgehead atoms. The van der Waals surface area contributed by atoms with Crippen LogP contribution in [-0.4, -0.2) is 16.0 Å². The summed E-state index contributed by atoms with van der Waals surface area (Å²) in [6.45, 7) is 1.61. The van der Waals surface area contributed by atoms with Crippen LogP contribution < -0.4 is 0 Å². The van der Waals surface area contributed by atoms with E-state index in [9.17, 15) is 13.6 Å². The van der Waals surface area contributed by atoms with E-state index in [1.165, 1.54) is 6.20 Å². The van der Waals surface area contributed by atoms with E-state index in [0.717, 1.165) is 23.9 Å². The summed E-state index contributed by atoms with van der Waals surface area (Å²) in [6, 6.07) is 7.93. The van der Waals surface area contributed by atoms with E-state index in [2.05, 4.69) is 4.98 Å². The van der Waals surface area contributed by atoms with E-state index < -0.39 is 22.7 Å². The maximum absolute atomic E-state index is 13.6. The summed E-state index contributed by atoms with van der Waals surface area (Å²) in [5, 5.41) is 8.70. The Labute approximate surface area is 124 Å². The Morgan fingerprint density at radius 3 is 2.76 bits per heavy atom. The number of thioether (sulfide) groups is 1. The summed E-state index contributed by atoms with van der Waals surface area (Å²) < 4.78 is 26.4. The highest BCUT2D eigenvalue weighted by atomic mass is 32.2. The number of aromatic nitrogens is 1. The molecule has 2 aromatic rings. The average Bonchev–Trinajstić information content (AvgIpc) is 2.46. The molecule has 0 aliphatic carbocycles. The highest BCUT2D eigenvalue weighted by Gasteiger charge is 2.20. The van der Waals surface area contributed by atoms with Crippen molar-refractivity contribution in [1.82, 2.24) is 4.98 Å². The topological polar surface area (TPSA) is 53.8 Å². The molecule has 0 aliphatic rings. The van der Waals surface area contributed by atoms with Gasteiger partial charge in [-0.15, -0.1) is 0 Å². The molecule has 2 rings (SSSR count). The number of benzene rings is 1. The zero-order valence-corrected chi connectivity index (χ0v) is 11.8. The minimum Gasteiger partial charge on any atom is -0.293 e. The first-order chi connectivity index (χ1) is 10.0. The monoisotopic (exact) mass is 304 g/mol. The second-order valence-electron chi connectivity index (χ2n) is 4.24. The molecular weight excluding hydrogens is 294 g/mol. The molecule has 0 N–H and O–H groups in total. The second kappa shape index (κ2) is 6.46. The van der Waals surface area contributed by atoms with Crippen LogP contribution in [0.4, 0.5) is 8.78 Å². The normalized spacial score (nSPS) is 11.7. The van der Waals surface area contributed by atoms with Crippen LogP contribution in [0.2, 0.25) is 0 Å². The molecule has 1 heterocycles. The van der Waals surface area contributed by atoms with Crippen LogP contribution in [0.25, 0.3) is 0 Å².